The summed E-state index contributed by atoms with van der Waals surface area (Å²) in [5, 5.41) is 22.6. The van der Waals surface area contributed by atoms with E-state index in [0.29, 0.717) is 6.67 Å². The van der Waals surface area contributed by atoms with Crippen molar-refractivity contribution in [1.29, 1.82) is 0 Å². The summed E-state index contributed by atoms with van der Waals surface area (Å²) in [6.45, 7) is 3.64. The van der Waals surface area contributed by atoms with Crippen LogP contribution in [0.5, 0.6) is 0 Å². The van der Waals surface area contributed by atoms with Gasteiger partial charge < -0.3 is 10.2 Å². The number of aliphatic hydroxyl groups excluding tert-OH is 2. The largest absolute Gasteiger partial charge is 0.379 e. The van der Waals surface area contributed by atoms with E-state index >= 15 is 0 Å². The molecule has 0 fully saturated rings. The Morgan fingerprint density at radius 2 is 1.44 bits per heavy atom. The standard InChI is InChI=1S/C5H14N2O2/c1-4(8)6-3-7-5(2)9/h4-9H,3H2,1-2H3. The molecule has 0 aliphatic heterocycles. The number of hydrogen-bond donors (Lipinski definition) is 4. The van der Waals surface area contributed by atoms with Crippen LogP contribution < -0.4 is 10.6 Å². The monoisotopic (exact) mass is 134 g/mol. The second kappa shape index (κ2) is 4.69. The Kier molecular flexibility index (Phi) is 4.61. The molecule has 0 aromatic carbocycles. The lowest BCUT2D eigenvalue weighted by Gasteiger charge is -2.09. The Morgan fingerprint density at radius 3 is 1.67 bits per heavy atom. The van der Waals surface area contributed by atoms with Crippen LogP contribution in [0.2, 0.25) is 0 Å². The lowest BCUT2D eigenvalue weighted by atomic mass is 10.6. The summed E-state index contributed by atoms with van der Waals surface area (Å²) in [6.07, 6.45) is -1.06. The Balaban J connectivity index is 2.91. The minimum absolute atomic E-state index is 0.412. The third-order valence-electron chi connectivity index (χ3n) is 0.795. The summed E-state index contributed by atoms with van der Waals surface area (Å²) in [5.41, 5.74) is 0. The normalized spacial score (nSPS) is 17.3. The smallest absolute Gasteiger partial charge is 0.103 e. The number of hydrogen-bond acceptors (Lipinski definition) is 4. The second-order valence-corrected chi connectivity index (χ2v) is 1.94. The molecule has 4 N–H and O–H groups in total. The lowest BCUT2D eigenvalue weighted by Crippen LogP contribution is -2.39. The predicted octanol–water partition coefficient (Wildman–Crippen LogP) is -1.20. The minimum Gasteiger partial charge on any atom is -0.379 e. The third-order valence-corrected chi connectivity index (χ3v) is 0.795. The van der Waals surface area contributed by atoms with E-state index in [2.05, 4.69) is 10.6 Å². The van der Waals surface area contributed by atoms with Gasteiger partial charge in [0.25, 0.3) is 0 Å². The molecular weight excluding hydrogens is 120 g/mol. The molecule has 0 radical (unpaired) electrons. The van der Waals surface area contributed by atoms with Crippen molar-refractivity contribution in [2.45, 2.75) is 26.3 Å². The summed E-state index contributed by atoms with van der Waals surface area (Å²) in [4.78, 5) is 0. The molecule has 2 unspecified atom stereocenters. The van der Waals surface area contributed by atoms with Crippen molar-refractivity contribution in [2.24, 2.45) is 0 Å². The predicted molar refractivity (Wildman–Crippen MR) is 34.5 cm³/mol. The van der Waals surface area contributed by atoms with Crippen LogP contribution in [0.25, 0.3) is 0 Å². The fourth-order valence-corrected chi connectivity index (χ4v) is 0.354. The van der Waals surface area contributed by atoms with Crippen LogP contribution in [0.15, 0.2) is 0 Å². The number of rotatable bonds is 4. The summed E-state index contributed by atoms with van der Waals surface area (Å²) in [7, 11) is 0. The molecule has 0 aliphatic carbocycles. The molecule has 0 saturated carbocycles. The van der Waals surface area contributed by atoms with Crippen molar-refractivity contribution in [2.75, 3.05) is 6.67 Å². The van der Waals surface area contributed by atoms with Gasteiger partial charge >= 0.3 is 0 Å². The van der Waals surface area contributed by atoms with E-state index in [9.17, 15) is 0 Å². The van der Waals surface area contributed by atoms with Crippen molar-refractivity contribution in [3.05, 3.63) is 0 Å². The first kappa shape index (κ1) is 8.84. The molecule has 0 bridgehead atoms. The van der Waals surface area contributed by atoms with E-state index in [0.717, 1.165) is 0 Å². The minimum atomic E-state index is -0.531. The van der Waals surface area contributed by atoms with Gasteiger partial charge in [0.2, 0.25) is 0 Å². The van der Waals surface area contributed by atoms with Gasteiger partial charge in [-0.15, -0.1) is 0 Å². The zero-order valence-corrected chi connectivity index (χ0v) is 5.76. The van der Waals surface area contributed by atoms with E-state index in [4.69, 9.17) is 10.2 Å². The maximum atomic E-state index is 8.63. The Hall–Kier alpha value is -0.160. The molecule has 0 rings (SSSR count). The highest BCUT2D eigenvalue weighted by molar-refractivity contribution is 4.45. The first-order valence-corrected chi connectivity index (χ1v) is 2.96. The highest BCUT2D eigenvalue weighted by atomic mass is 16.3. The third kappa shape index (κ3) is 7.84. The van der Waals surface area contributed by atoms with Crippen LogP contribution in [0, 0.1) is 0 Å². The van der Waals surface area contributed by atoms with Crippen LogP contribution in [-0.2, 0) is 0 Å². The highest BCUT2D eigenvalue weighted by Crippen LogP contribution is 1.70. The van der Waals surface area contributed by atoms with E-state index in [1.54, 1.807) is 13.8 Å². The van der Waals surface area contributed by atoms with E-state index < -0.39 is 12.5 Å². The van der Waals surface area contributed by atoms with Crippen molar-refractivity contribution in [1.82, 2.24) is 10.6 Å². The van der Waals surface area contributed by atoms with Gasteiger partial charge in [-0.3, -0.25) is 10.6 Å². The van der Waals surface area contributed by atoms with E-state index in [-0.39, 0.29) is 0 Å². The maximum Gasteiger partial charge on any atom is 0.103 e. The Morgan fingerprint density at radius 1 is 1.11 bits per heavy atom. The molecule has 0 spiro atoms. The van der Waals surface area contributed by atoms with Gasteiger partial charge in [0.15, 0.2) is 0 Å². The average molecular weight is 134 g/mol. The molecule has 0 amide bonds. The molecule has 56 valence electrons. The van der Waals surface area contributed by atoms with Crippen molar-refractivity contribution < 1.29 is 10.2 Å². The van der Waals surface area contributed by atoms with Crippen molar-refractivity contribution in [3.63, 3.8) is 0 Å². The fraction of sp³-hybridized carbons (Fsp3) is 1.00. The zero-order valence-electron chi connectivity index (χ0n) is 5.76. The summed E-state index contributed by atoms with van der Waals surface area (Å²) in [5.74, 6) is 0. The summed E-state index contributed by atoms with van der Waals surface area (Å²) >= 11 is 0. The van der Waals surface area contributed by atoms with Crippen molar-refractivity contribution >= 4 is 0 Å². The van der Waals surface area contributed by atoms with Gasteiger partial charge in [0.1, 0.15) is 12.5 Å². The fourth-order valence-electron chi connectivity index (χ4n) is 0.354. The van der Waals surface area contributed by atoms with Gasteiger partial charge in [-0.25, -0.2) is 0 Å². The van der Waals surface area contributed by atoms with Gasteiger partial charge in [-0.1, -0.05) is 0 Å². The van der Waals surface area contributed by atoms with Crippen LogP contribution in [0.1, 0.15) is 13.8 Å². The molecule has 0 saturated heterocycles. The Bertz CT molecular complexity index is 58.0. The van der Waals surface area contributed by atoms with Crippen LogP contribution in [0.3, 0.4) is 0 Å². The number of nitrogens with one attached hydrogen (secondary N) is 2. The second-order valence-electron chi connectivity index (χ2n) is 1.94. The molecule has 9 heavy (non-hydrogen) atoms. The molecule has 4 heteroatoms. The van der Waals surface area contributed by atoms with Gasteiger partial charge in [0.05, 0.1) is 0 Å². The van der Waals surface area contributed by atoms with Gasteiger partial charge in [-0.2, -0.15) is 0 Å². The quantitative estimate of drug-likeness (QED) is 0.365. The number of aliphatic hydroxyl groups is 2. The van der Waals surface area contributed by atoms with Crippen molar-refractivity contribution in [3.8, 4) is 0 Å². The molecule has 0 aromatic heterocycles. The molecular formula is C5H14N2O2. The van der Waals surface area contributed by atoms with Gasteiger partial charge in [-0.05, 0) is 13.8 Å². The lowest BCUT2D eigenvalue weighted by molar-refractivity contribution is 0.121. The van der Waals surface area contributed by atoms with Crippen LogP contribution in [0.4, 0.5) is 0 Å². The maximum absolute atomic E-state index is 8.63. The molecule has 0 aliphatic rings. The average Bonchev–Trinajstić information content (AvgIpc) is 1.63. The van der Waals surface area contributed by atoms with E-state index in [1.165, 1.54) is 0 Å². The van der Waals surface area contributed by atoms with Crippen LogP contribution >= 0.6 is 0 Å². The SMILES string of the molecule is CC(O)NCNC(C)O. The van der Waals surface area contributed by atoms with Crippen LogP contribution in [-0.4, -0.2) is 29.3 Å². The molecule has 0 heterocycles. The zero-order chi connectivity index (χ0) is 7.28. The van der Waals surface area contributed by atoms with E-state index in [1.807, 2.05) is 0 Å². The highest BCUT2D eigenvalue weighted by Gasteiger charge is 1.93. The molecule has 2 atom stereocenters. The first-order chi connectivity index (χ1) is 4.13. The summed E-state index contributed by atoms with van der Waals surface area (Å²) < 4.78 is 0. The topological polar surface area (TPSA) is 64.5 Å². The molecule has 0 aromatic rings. The summed E-state index contributed by atoms with van der Waals surface area (Å²) in [6, 6.07) is 0. The first-order valence-electron chi connectivity index (χ1n) is 2.96. The Labute approximate surface area is 54.9 Å². The molecule has 4 nitrogen and oxygen atoms in total. The van der Waals surface area contributed by atoms with Gasteiger partial charge in [0, 0.05) is 6.67 Å².